The number of carboxylic acid groups (broad SMARTS) is 1. The molecule has 1 N–H and O–H groups in total. The molecule has 0 bridgehead atoms. The van der Waals surface area contributed by atoms with Crippen LogP contribution >= 0.6 is 11.8 Å². The molecule has 1 saturated heterocycles. The average Bonchev–Trinajstić information content (AvgIpc) is 2.53. The van der Waals surface area contributed by atoms with Crippen LogP contribution in [-0.2, 0) is 14.3 Å². The number of carboxylic acids is 1. The molecule has 1 amide bonds. The molecule has 21 heavy (non-hydrogen) atoms. The zero-order chi connectivity index (χ0) is 14.8. The molecule has 0 radical (unpaired) electrons. The SMILES string of the molecule is O=C(O)[C@H]1COCCN1C(=O)[C@H]1CSc2ccccc2O1. The molecule has 0 spiro atoms. The van der Waals surface area contributed by atoms with Gasteiger partial charge < -0.3 is 19.5 Å². The van der Waals surface area contributed by atoms with E-state index in [2.05, 4.69) is 0 Å². The maximum Gasteiger partial charge on any atom is 0.328 e. The maximum absolute atomic E-state index is 12.5. The van der Waals surface area contributed by atoms with E-state index in [-0.39, 0.29) is 19.1 Å². The minimum atomic E-state index is -1.05. The highest BCUT2D eigenvalue weighted by atomic mass is 32.2. The van der Waals surface area contributed by atoms with Crippen LogP contribution in [0.5, 0.6) is 5.75 Å². The molecule has 112 valence electrons. The van der Waals surface area contributed by atoms with Crippen molar-refractivity contribution in [2.24, 2.45) is 0 Å². The minimum Gasteiger partial charge on any atom is -0.480 e. The number of amides is 1. The topological polar surface area (TPSA) is 76.1 Å². The number of benzene rings is 1. The molecule has 1 fully saturated rings. The highest BCUT2D eigenvalue weighted by Crippen LogP contribution is 2.35. The molecular formula is C14H15NO5S. The van der Waals surface area contributed by atoms with Gasteiger partial charge >= 0.3 is 5.97 Å². The van der Waals surface area contributed by atoms with Gasteiger partial charge in [-0.15, -0.1) is 11.8 Å². The largest absolute Gasteiger partial charge is 0.480 e. The van der Waals surface area contributed by atoms with E-state index < -0.39 is 18.1 Å². The van der Waals surface area contributed by atoms with Crippen LogP contribution in [0.2, 0.25) is 0 Å². The Bertz CT molecular complexity index is 564. The van der Waals surface area contributed by atoms with Crippen molar-refractivity contribution in [1.29, 1.82) is 0 Å². The third-order valence-corrected chi connectivity index (χ3v) is 4.60. The van der Waals surface area contributed by atoms with Gasteiger partial charge in [0, 0.05) is 17.2 Å². The molecule has 2 aliphatic rings. The van der Waals surface area contributed by atoms with E-state index in [0.717, 1.165) is 4.90 Å². The highest BCUT2D eigenvalue weighted by Gasteiger charge is 2.38. The standard InChI is InChI=1S/C14H15NO5S/c16-13(15-5-6-19-7-9(15)14(17)18)11-8-21-12-4-2-1-3-10(12)20-11/h1-4,9,11H,5-8H2,(H,17,18)/t9-,11-/m1/s1. The van der Waals surface area contributed by atoms with Gasteiger partial charge in [0.1, 0.15) is 5.75 Å². The zero-order valence-corrected chi connectivity index (χ0v) is 12.0. The van der Waals surface area contributed by atoms with Gasteiger partial charge in [-0.2, -0.15) is 0 Å². The molecule has 1 aromatic rings. The summed E-state index contributed by atoms with van der Waals surface area (Å²) in [6.07, 6.45) is -0.648. The van der Waals surface area contributed by atoms with E-state index in [1.54, 1.807) is 11.8 Å². The lowest BCUT2D eigenvalue weighted by molar-refractivity contribution is -0.161. The summed E-state index contributed by atoms with van der Waals surface area (Å²) in [6, 6.07) is 6.59. The summed E-state index contributed by atoms with van der Waals surface area (Å²) in [5, 5.41) is 9.19. The Labute approximate surface area is 126 Å². The summed E-state index contributed by atoms with van der Waals surface area (Å²) in [7, 11) is 0. The Morgan fingerprint density at radius 3 is 2.95 bits per heavy atom. The minimum absolute atomic E-state index is 0.0253. The van der Waals surface area contributed by atoms with Crippen LogP contribution in [0.1, 0.15) is 0 Å². The number of hydrogen-bond donors (Lipinski definition) is 1. The number of nitrogens with zero attached hydrogens (tertiary/aromatic N) is 1. The molecule has 7 heteroatoms. The summed E-state index contributed by atoms with van der Waals surface area (Å²) < 4.78 is 10.9. The summed E-state index contributed by atoms with van der Waals surface area (Å²) in [5.74, 6) is -0.175. The first-order valence-corrected chi connectivity index (χ1v) is 7.65. The molecule has 0 saturated carbocycles. The first-order valence-electron chi connectivity index (χ1n) is 6.66. The van der Waals surface area contributed by atoms with Crippen molar-refractivity contribution >= 4 is 23.6 Å². The number of rotatable bonds is 2. The predicted octanol–water partition coefficient (Wildman–Crippen LogP) is 0.852. The molecule has 6 nitrogen and oxygen atoms in total. The van der Waals surface area contributed by atoms with Gasteiger partial charge in [0.15, 0.2) is 12.1 Å². The molecule has 2 aliphatic heterocycles. The number of para-hydroxylation sites is 1. The second-order valence-corrected chi connectivity index (χ2v) is 5.89. The first kappa shape index (κ1) is 14.2. The number of carbonyl (C=O) groups excluding carboxylic acids is 1. The van der Waals surface area contributed by atoms with Crippen molar-refractivity contribution in [2.75, 3.05) is 25.5 Å². The normalized spacial score (nSPS) is 24.9. The van der Waals surface area contributed by atoms with E-state index in [0.29, 0.717) is 18.1 Å². The third-order valence-electron chi connectivity index (χ3n) is 3.48. The van der Waals surface area contributed by atoms with Gasteiger partial charge in [0.05, 0.1) is 13.2 Å². The fourth-order valence-corrected chi connectivity index (χ4v) is 3.37. The number of morpholine rings is 1. The Balaban J connectivity index is 1.75. The van der Waals surface area contributed by atoms with Crippen LogP contribution in [-0.4, -0.2) is 59.5 Å². The number of fused-ring (bicyclic) bond motifs is 1. The van der Waals surface area contributed by atoms with Crippen molar-refractivity contribution in [3.8, 4) is 5.75 Å². The zero-order valence-electron chi connectivity index (χ0n) is 11.2. The predicted molar refractivity (Wildman–Crippen MR) is 75.5 cm³/mol. The average molecular weight is 309 g/mol. The number of thioether (sulfide) groups is 1. The van der Waals surface area contributed by atoms with Crippen molar-refractivity contribution in [1.82, 2.24) is 4.90 Å². The molecule has 0 unspecified atom stereocenters. The Kier molecular flexibility index (Phi) is 4.03. The quantitative estimate of drug-likeness (QED) is 0.873. The van der Waals surface area contributed by atoms with Crippen molar-refractivity contribution in [3.05, 3.63) is 24.3 Å². The number of ether oxygens (including phenoxy) is 2. The summed E-state index contributed by atoms with van der Waals surface area (Å²) in [6.45, 7) is 0.658. The Morgan fingerprint density at radius 1 is 1.33 bits per heavy atom. The van der Waals surface area contributed by atoms with Crippen molar-refractivity contribution < 1.29 is 24.2 Å². The monoisotopic (exact) mass is 309 g/mol. The lowest BCUT2D eigenvalue weighted by Gasteiger charge is -2.36. The fourth-order valence-electron chi connectivity index (χ4n) is 2.40. The van der Waals surface area contributed by atoms with E-state index in [9.17, 15) is 14.7 Å². The molecular weight excluding hydrogens is 294 g/mol. The Hall–Kier alpha value is -1.73. The lowest BCUT2D eigenvalue weighted by atomic mass is 10.2. The van der Waals surface area contributed by atoms with Gasteiger partial charge in [-0.1, -0.05) is 12.1 Å². The van der Waals surface area contributed by atoms with Gasteiger partial charge in [-0.3, -0.25) is 4.79 Å². The van der Waals surface area contributed by atoms with Gasteiger partial charge in [0.2, 0.25) is 0 Å². The summed E-state index contributed by atoms with van der Waals surface area (Å²) in [5.41, 5.74) is 0. The Morgan fingerprint density at radius 2 is 2.14 bits per heavy atom. The fraction of sp³-hybridized carbons (Fsp3) is 0.429. The van der Waals surface area contributed by atoms with Crippen LogP contribution in [0.3, 0.4) is 0 Å². The number of hydrogen-bond acceptors (Lipinski definition) is 5. The van der Waals surface area contributed by atoms with E-state index in [4.69, 9.17) is 9.47 Å². The summed E-state index contributed by atoms with van der Waals surface area (Å²) in [4.78, 5) is 26.1. The van der Waals surface area contributed by atoms with Crippen LogP contribution < -0.4 is 4.74 Å². The van der Waals surface area contributed by atoms with Gasteiger partial charge in [0.25, 0.3) is 5.91 Å². The highest BCUT2D eigenvalue weighted by molar-refractivity contribution is 7.99. The molecule has 0 aliphatic carbocycles. The number of aliphatic carboxylic acids is 1. The van der Waals surface area contributed by atoms with E-state index >= 15 is 0 Å². The first-order chi connectivity index (χ1) is 10.2. The van der Waals surface area contributed by atoms with E-state index in [1.807, 2.05) is 24.3 Å². The van der Waals surface area contributed by atoms with Gasteiger partial charge in [-0.25, -0.2) is 4.79 Å². The van der Waals surface area contributed by atoms with E-state index in [1.165, 1.54) is 4.90 Å². The number of carbonyl (C=O) groups is 2. The van der Waals surface area contributed by atoms with Crippen LogP contribution in [0, 0.1) is 0 Å². The molecule has 2 atom stereocenters. The smallest absolute Gasteiger partial charge is 0.328 e. The molecule has 0 aromatic heterocycles. The van der Waals surface area contributed by atoms with Crippen molar-refractivity contribution in [3.63, 3.8) is 0 Å². The van der Waals surface area contributed by atoms with Crippen LogP contribution in [0.15, 0.2) is 29.2 Å². The molecule has 3 rings (SSSR count). The second kappa shape index (κ2) is 5.95. The lowest BCUT2D eigenvalue weighted by Crippen LogP contribution is -2.56. The summed E-state index contributed by atoms with van der Waals surface area (Å²) >= 11 is 1.55. The van der Waals surface area contributed by atoms with Gasteiger partial charge in [-0.05, 0) is 12.1 Å². The van der Waals surface area contributed by atoms with Crippen LogP contribution in [0.4, 0.5) is 0 Å². The molecule has 2 heterocycles. The maximum atomic E-state index is 12.5. The second-order valence-electron chi connectivity index (χ2n) is 4.82. The molecule has 1 aromatic carbocycles. The van der Waals surface area contributed by atoms with Crippen LogP contribution in [0.25, 0.3) is 0 Å². The third kappa shape index (κ3) is 2.84. The van der Waals surface area contributed by atoms with Crippen molar-refractivity contribution in [2.45, 2.75) is 17.0 Å².